The van der Waals surface area contributed by atoms with Gasteiger partial charge < -0.3 is 15.4 Å². The third kappa shape index (κ3) is 5.50. The van der Waals surface area contributed by atoms with E-state index in [0.717, 1.165) is 5.56 Å². The van der Waals surface area contributed by atoms with Crippen LogP contribution in [-0.4, -0.2) is 32.3 Å². The second kappa shape index (κ2) is 6.31. The number of carbonyl (C=O) groups is 1. The van der Waals surface area contributed by atoms with Crippen molar-refractivity contribution in [1.82, 2.24) is 5.32 Å². The van der Waals surface area contributed by atoms with Crippen molar-refractivity contribution in [1.29, 1.82) is 0 Å². The zero-order chi connectivity index (χ0) is 14.5. The molecule has 0 saturated carbocycles. The Morgan fingerprint density at radius 1 is 1.37 bits per heavy atom. The van der Waals surface area contributed by atoms with Crippen LogP contribution >= 0.6 is 0 Å². The topological polar surface area (TPSA) is 50.4 Å². The minimum absolute atomic E-state index is 0.254. The molecule has 1 rings (SSSR count). The Morgan fingerprint density at radius 2 is 2.05 bits per heavy atom. The van der Waals surface area contributed by atoms with E-state index in [-0.39, 0.29) is 6.54 Å². The minimum atomic E-state index is -4.41. The van der Waals surface area contributed by atoms with E-state index >= 15 is 0 Å². The molecule has 0 bridgehead atoms. The van der Waals surface area contributed by atoms with Crippen LogP contribution < -0.4 is 15.4 Å². The van der Waals surface area contributed by atoms with Crippen molar-refractivity contribution >= 4 is 11.6 Å². The number of rotatable bonds is 5. The third-order valence-corrected chi connectivity index (χ3v) is 2.28. The maximum absolute atomic E-state index is 11.9. The van der Waals surface area contributed by atoms with Gasteiger partial charge in [-0.2, -0.15) is 13.2 Å². The molecule has 19 heavy (non-hydrogen) atoms. The predicted molar refractivity (Wildman–Crippen MR) is 65.3 cm³/mol. The van der Waals surface area contributed by atoms with E-state index in [1.807, 2.05) is 13.0 Å². The van der Waals surface area contributed by atoms with Crippen molar-refractivity contribution in [3.63, 3.8) is 0 Å². The van der Waals surface area contributed by atoms with Crippen LogP contribution in [-0.2, 0) is 4.79 Å². The molecule has 0 aliphatic rings. The van der Waals surface area contributed by atoms with Crippen molar-refractivity contribution in [3.05, 3.63) is 23.8 Å². The van der Waals surface area contributed by atoms with Crippen LogP contribution in [0, 0.1) is 6.92 Å². The Hall–Kier alpha value is -1.92. The van der Waals surface area contributed by atoms with Crippen LogP contribution in [0.25, 0.3) is 0 Å². The Kier molecular flexibility index (Phi) is 5.02. The number of alkyl halides is 3. The number of aryl methyl sites for hydroxylation is 1. The first-order chi connectivity index (χ1) is 8.81. The molecule has 106 valence electrons. The Labute approximate surface area is 108 Å². The molecule has 0 unspecified atom stereocenters. The number of hydrogen-bond donors (Lipinski definition) is 2. The molecular formula is C12H15F3N2O2. The average molecular weight is 276 g/mol. The van der Waals surface area contributed by atoms with Crippen LogP contribution in [0.5, 0.6) is 5.75 Å². The first kappa shape index (κ1) is 15.1. The maximum Gasteiger partial charge on any atom is 0.405 e. The lowest BCUT2D eigenvalue weighted by atomic mass is 10.2. The Bertz CT molecular complexity index is 447. The largest absolute Gasteiger partial charge is 0.495 e. The van der Waals surface area contributed by atoms with Gasteiger partial charge in [-0.3, -0.25) is 4.79 Å². The number of methoxy groups -OCH3 is 1. The summed E-state index contributed by atoms with van der Waals surface area (Å²) in [5, 5.41) is 4.51. The summed E-state index contributed by atoms with van der Waals surface area (Å²) in [7, 11) is 1.47. The van der Waals surface area contributed by atoms with E-state index in [1.54, 1.807) is 17.4 Å². The van der Waals surface area contributed by atoms with Crippen LogP contribution in [0.15, 0.2) is 18.2 Å². The highest BCUT2D eigenvalue weighted by molar-refractivity contribution is 5.81. The van der Waals surface area contributed by atoms with Gasteiger partial charge in [-0.15, -0.1) is 0 Å². The van der Waals surface area contributed by atoms with Gasteiger partial charge in [-0.05, 0) is 24.6 Å². The molecule has 0 aliphatic carbocycles. The van der Waals surface area contributed by atoms with Gasteiger partial charge in [-0.1, -0.05) is 6.07 Å². The van der Waals surface area contributed by atoms with Gasteiger partial charge in [0.05, 0.1) is 19.3 Å². The number of ether oxygens (including phenoxy) is 1. The Balaban J connectivity index is 2.52. The zero-order valence-corrected chi connectivity index (χ0v) is 10.6. The monoisotopic (exact) mass is 276 g/mol. The van der Waals surface area contributed by atoms with E-state index in [2.05, 4.69) is 5.32 Å². The highest BCUT2D eigenvalue weighted by Crippen LogP contribution is 2.24. The molecule has 7 heteroatoms. The van der Waals surface area contributed by atoms with Crippen molar-refractivity contribution in [2.75, 3.05) is 25.5 Å². The summed E-state index contributed by atoms with van der Waals surface area (Å²) in [6.07, 6.45) is -4.41. The molecule has 1 aromatic carbocycles. The number of amides is 1. The van der Waals surface area contributed by atoms with Crippen LogP contribution in [0.1, 0.15) is 5.56 Å². The lowest BCUT2D eigenvalue weighted by Crippen LogP contribution is -2.37. The maximum atomic E-state index is 11.9. The number of halogens is 3. The predicted octanol–water partition coefficient (Wildman–Crippen LogP) is 2.09. The van der Waals surface area contributed by atoms with Gasteiger partial charge in [0.2, 0.25) is 5.91 Å². The van der Waals surface area contributed by atoms with Crippen molar-refractivity contribution < 1.29 is 22.7 Å². The molecule has 0 fully saturated rings. The van der Waals surface area contributed by atoms with Crippen molar-refractivity contribution in [2.45, 2.75) is 13.1 Å². The zero-order valence-electron chi connectivity index (χ0n) is 10.6. The first-order valence-corrected chi connectivity index (χ1v) is 5.54. The first-order valence-electron chi connectivity index (χ1n) is 5.54. The van der Waals surface area contributed by atoms with Crippen molar-refractivity contribution in [2.24, 2.45) is 0 Å². The fourth-order valence-corrected chi connectivity index (χ4v) is 1.40. The normalized spacial score (nSPS) is 11.0. The molecule has 0 atom stereocenters. The van der Waals surface area contributed by atoms with E-state index in [1.165, 1.54) is 7.11 Å². The summed E-state index contributed by atoms with van der Waals surface area (Å²) >= 11 is 0. The quantitative estimate of drug-likeness (QED) is 0.866. The van der Waals surface area contributed by atoms with E-state index in [0.29, 0.717) is 11.4 Å². The summed E-state index contributed by atoms with van der Waals surface area (Å²) in [5.41, 5.74) is 1.50. The summed E-state index contributed by atoms with van der Waals surface area (Å²) in [6.45, 7) is 0.267. The third-order valence-electron chi connectivity index (χ3n) is 2.28. The standard InChI is InChI=1S/C12H15F3N2O2/c1-8-3-4-10(19-2)9(5-8)16-6-11(18)17-7-12(13,14)15/h3-5,16H,6-7H2,1-2H3,(H,17,18). The SMILES string of the molecule is COc1ccc(C)cc1NCC(=O)NCC(F)(F)F. The molecule has 1 aromatic rings. The second-order valence-corrected chi connectivity index (χ2v) is 3.95. The summed E-state index contributed by atoms with van der Waals surface area (Å²) < 4.78 is 40.8. The van der Waals surface area contributed by atoms with Gasteiger partial charge in [0.15, 0.2) is 0 Å². The lowest BCUT2D eigenvalue weighted by Gasteiger charge is -2.12. The molecule has 0 radical (unpaired) electrons. The smallest absolute Gasteiger partial charge is 0.405 e. The van der Waals surface area contributed by atoms with Gasteiger partial charge in [0, 0.05) is 0 Å². The van der Waals surface area contributed by atoms with Crippen LogP contribution in [0.4, 0.5) is 18.9 Å². The number of nitrogens with one attached hydrogen (secondary N) is 2. The molecular weight excluding hydrogens is 261 g/mol. The van der Waals surface area contributed by atoms with Crippen LogP contribution in [0.3, 0.4) is 0 Å². The van der Waals surface area contributed by atoms with E-state index < -0.39 is 18.6 Å². The highest BCUT2D eigenvalue weighted by atomic mass is 19.4. The fraction of sp³-hybridized carbons (Fsp3) is 0.417. The molecule has 1 amide bonds. The lowest BCUT2D eigenvalue weighted by molar-refractivity contribution is -0.137. The van der Waals surface area contributed by atoms with E-state index in [9.17, 15) is 18.0 Å². The molecule has 0 spiro atoms. The highest BCUT2D eigenvalue weighted by Gasteiger charge is 2.27. The summed E-state index contributed by atoms with van der Waals surface area (Å²) in [5.74, 6) is -0.213. The summed E-state index contributed by atoms with van der Waals surface area (Å²) in [4.78, 5) is 11.2. The second-order valence-electron chi connectivity index (χ2n) is 3.95. The number of anilines is 1. The van der Waals surface area contributed by atoms with Gasteiger partial charge >= 0.3 is 6.18 Å². The Morgan fingerprint density at radius 3 is 2.63 bits per heavy atom. The molecule has 0 aromatic heterocycles. The number of hydrogen-bond acceptors (Lipinski definition) is 3. The van der Waals surface area contributed by atoms with E-state index in [4.69, 9.17) is 4.74 Å². The van der Waals surface area contributed by atoms with Gasteiger partial charge in [0.1, 0.15) is 12.3 Å². The summed E-state index contributed by atoms with van der Waals surface area (Å²) in [6, 6.07) is 5.29. The fourth-order valence-electron chi connectivity index (χ4n) is 1.40. The minimum Gasteiger partial charge on any atom is -0.495 e. The number of benzene rings is 1. The average Bonchev–Trinajstić information content (AvgIpc) is 2.33. The molecule has 2 N–H and O–H groups in total. The molecule has 0 aliphatic heterocycles. The molecule has 4 nitrogen and oxygen atoms in total. The van der Waals surface area contributed by atoms with Crippen LogP contribution in [0.2, 0.25) is 0 Å². The molecule has 0 saturated heterocycles. The van der Waals surface area contributed by atoms with Gasteiger partial charge in [-0.25, -0.2) is 0 Å². The molecule has 0 heterocycles. The van der Waals surface area contributed by atoms with Gasteiger partial charge in [0.25, 0.3) is 0 Å². The van der Waals surface area contributed by atoms with Crippen molar-refractivity contribution in [3.8, 4) is 5.75 Å². The number of carbonyl (C=O) groups excluding carboxylic acids is 1.